The van der Waals surface area contributed by atoms with Crippen LogP contribution in [0, 0.1) is 17.0 Å². The summed E-state index contributed by atoms with van der Waals surface area (Å²) in [4.78, 5) is 22.8. The van der Waals surface area contributed by atoms with E-state index in [9.17, 15) is 23.3 Å². The Hall–Kier alpha value is -2.78. The Morgan fingerprint density at radius 2 is 1.81 bits per heavy atom. The molecule has 2 aromatic carbocycles. The number of benzene rings is 2. The molecule has 144 valence electrons. The third kappa shape index (κ3) is 5.11. The van der Waals surface area contributed by atoms with Crippen LogP contribution in [0.25, 0.3) is 0 Å². The van der Waals surface area contributed by atoms with Crippen LogP contribution in [0.3, 0.4) is 0 Å². The van der Waals surface area contributed by atoms with Gasteiger partial charge < -0.3 is 5.32 Å². The first-order valence-electron chi connectivity index (χ1n) is 8.33. The molecule has 2 aromatic rings. The summed E-state index contributed by atoms with van der Waals surface area (Å²) in [7, 11) is -3.65. The highest BCUT2D eigenvalue weighted by atomic mass is 32.2. The average Bonchev–Trinajstić information content (AvgIpc) is 2.62. The zero-order chi connectivity index (χ0) is 20.2. The van der Waals surface area contributed by atoms with E-state index in [2.05, 4.69) is 10.0 Å². The Bertz CT molecular complexity index is 955. The van der Waals surface area contributed by atoms with Crippen LogP contribution in [0.1, 0.15) is 36.2 Å². The Kier molecular flexibility index (Phi) is 6.29. The quantitative estimate of drug-likeness (QED) is 0.555. The number of anilines is 1. The monoisotopic (exact) mass is 391 g/mol. The molecule has 0 aromatic heterocycles. The van der Waals surface area contributed by atoms with Crippen LogP contribution < -0.4 is 10.0 Å². The zero-order valence-corrected chi connectivity index (χ0v) is 16.0. The second kappa shape index (κ2) is 8.28. The van der Waals surface area contributed by atoms with Gasteiger partial charge in [-0.1, -0.05) is 13.0 Å². The van der Waals surface area contributed by atoms with Gasteiger partial charge in [0.2, 0.25) is 10.0 Å². The molecule has 8 nitrogen and oxygen atoms in total. The predicted molar refractivity (Wildman–Crippen MR) is 102 cm³/mol. The van der Waals surface area contributed by atoms with Crippen LogP contribution in [-0.2, 0) is 10.0 Å². The Labute approximate surface area is 157 Å². The number of nitro benzene ring substituents is 1. The van der Waals surface area contributed by atoms with E-state index in [1.165, 1.54) is 36.4 Å². The van der Waals surface area contributed by atoms with E-state index in [0.29, 0.717) is 17.7 Å². The summed E-state index contributed by atoms with van der Waals surface area (Å²) in [5.74, 6) is -0.488. The lowest BCUT2D eigenvalue weighted by Crippen LogP contribution is -2.32. The minimum absolute atomic E-state index is 0.0610. The van der Waals surface area contributed by atoms with Gasteiger partial charge in [0.1, 0.15) is 0 Å². The number of sulfonamides is 1. The van der Waals surface area contributed by atoms with Crippen LogP contribution in [0.4, 0.5) is 11.4 Å². The van der Waals surface area contributed by atoms with Crippen LogP contribution in [-0.4, -0.2) is 25.3 Å². The summed E-state index contributed by atoms with van der Waals surface area (Å²) < 4.78 is 27.0. The van der Waals surface area contributed by atoms with Crippen LogP contribution >= 0.6 is 0 Å². The highest BCUT2D eigenvalue weighted by Gasteiger charge is 2.18. The van der Waals surface area contributed by atoms with Crippen molar-refractivity contribution in [2.75, 3.05) is 5.32 Å². The number of rotatable bonds is 7. The van der Waals surface area contributed by atoms with Gasteiger partial charge in [-0.3, -0.25) is 14.9 Å². The van der Waals surface area contributed by atoms with Crippen molar-refractivity contribution in [3.8, 4) is 0 Å². The zero-order valence-electron chi connectivity index (χ0n) is 15.2. The molecule has 0 saturated heterocycles. The topological polar surface area (TPSA) is 118 Å². The SMILES string of the molecule is CCC(C)NS(=O)(=O)c1ccc(C(=O)Nc2cc([N+](=O)[O-])ccc2C)cc1. The molecule has 0 fully saturated rings. The highest BCUT2D eigenvalue weighted by Crippen LogP contribution is 2.22. The number of non-ortho nitro benzene ring substituents is 1. The molecular formula is C18H21N3O5S. The number of carbonyl (C=O) groups is 1. The number of aryl methyl sites for hydroxylation is 1. The first-order chi connectivity index (χ1) is 12.6. The van der Waals surface area contributed by atoms with E-state index in [1.54, 1.807) is 19.9 Å². The number of hydrogen-bond donors (Lipinski definition) is 2. The van der Waals surface area contributed by atoms with Crippen LogP contribution in [0.2, 0.25) is 0 Å². The maximum absolute atomic E-state index is 12.4. The summed E-state index contributed by atoms with van der Waals surface area (Å²) in [6, 6.07) is 9.47. The fourth-order valence-electron chi connectivity index (χ4n) is 2.25. The summed E-state index contributed by atoms with van der Waals surface area (Å²) in [6.45, 7) is 5.35. The largest absolute Gasteiger partial charge is 0.321 e. The second-order valence-electron chi connectivity index (χ2n) is 6.17. The molecule has 0 spiro atoms. The maximum atomic E-state index is 12.4. The second-order valence-corrected chi connectivity index (χ2v) is 7.88. The Morgan fingerprint density at radius 1 is 1.19 bits per heavy atom. The predicted octanol–water partition coefficient (Wildman–Crippen LogP) is 3.23. The van der Waals surface area contributed by atoms with Gasteiger partial charge in [-0.25, -0.2) is 13.1 Å². The summed E-state index contributed by atoms with van der Waals surface area (Å²) in [5.41, 5.74) is 1.10. The molecule has 9 heteroatoms. The molecule has 1 atom stereocenters. The molecular weight excluding hydrogens is 370 g/mol. The standard InChI is InChI=1S/C18H21N3O5S/c1-4-13(3)20-27(25,26)16-9-6-14(7-10-16)18(22)19-17-11-15(21(23)24)8-5-12(17)2/h5-11,13,20H,4H2,1-3H3,(H,19,22). The average molecular weight is 391 g/mol. The van der Waals surface area contributed by atoms with Crippen molar-refractivity contribution in [3.63, 3.8) is 0 Å². The minimum Gasteiger partial charge on any atom is -0.321 e. The number of amides is 1. The van der Waals surface area contributed by atoms with E-state index >= 15 is 0 Å². The fraction of sp³-hybridized carbons (Fsp3) is 0.278. The molecule has 1 unspecified atom stereocenters. The smallest absolute Gasteiger partial charge is 0.271 e. The van der Waals surface area contributed by atoms with Crippen LogP contribution in [0.5, 0.6) is 0 Å². The number of nitrogens with one attached hydrogen (secondary N) is 2. The summed E-state index contributed by atoms with van der Waals surface area (Å²) in [6.07, 6.45) is 0.655. The molecule has 1 amide bonds. The van der Waals surface area contributed by atoms with Gasteiger partial charge in [-0.2, -0.15) is 0 Å². The molecule has 0 aliphatic rings. The lowest BCUT2D eigenvalue weighted by molar-refractivity contribution is -0.384. The molecule has 2 N–H and O–H groups in total. The van der Waals surface area contributed by atoms with Crippen molar-refractivity contribution in [3.05, 3.63) is 63.7 Å². The number of carbonyl (C=O) groups excluding carboxylic acids is 1. The van der Waals surface area contributed by atoms with Crippen LogP contribution in [0.15, 0.2) is 47.4 Å². The van der Waals surface area contributed by atoms with Gasteiger partial charge >= 0.3 is 0 Å². The number of nitrogens with zero attached hydrogens (tertiary/aromatic N) is 1. The van der Waals surface area contributed by atoms with E-state index in [-0.39, 0.29) is 22.2 Å². The van der Waals surface area contributed by atoms with Gasteiger partial charge in [-0.15, -0.1) is 0 Å². The normalized spacial score (nSPS) is 12.4. The van der Waals surface area contributed by atoms with E-state index < -0.39 is 20.9 Å². The van der Waals surface area contributed by atoms with Crippen molar-refractivity contribution in [2.45, 2.75) is 38.1 Å². The van der Waals surface area contributed by atoms with Gasteiger partial charge in [0.15, 0.2) is 0 Å². The first-order valence-corrected chi connectivity index (χ1v) is 9.81. The van der Waals surface area contributed by atoms with Crippen molar-refractivity contribution in [1.29, 1.82) is 0 Å². The first kappa shape index (κ1) is 20.5. The molecule has 27 heavy (non-hydrogen) atoms. The molecule has 2 rings (SSSR count). The lowest BCUT2D eigenvalue weighted by atomic mass is 10.1. The molecule has 0 aliphatic carbocycles. The Balaban J connectivity index is 2.19. The molecule has 0 radical (unpaired) electrons. The van der Waals surface area contributed by atoms with Gasteiger partial charge in [-0.05, 0) is 50.1 Å². The third-order valence-electron chi connectivity index (χ3n) is 4.08. The van der Waals surface area contributed by atoms with Gasteiger partial charge in [0.05, 0.1) is 15.5 Å². The van der Waals surface area contributed by atoms with Crippen molar-refractivity contribution in [1.82, 2.24) is 4.72 Å². The van der Waals surface area contributed by atoms with Crippen molar-refractivity contribution in [2.24, 2.45) is 0 Å². The van der Waals surface area contributed by atoms with E-state index in [4.69, 9.17) is 0 Å². The molecule has 0 bridgehead atoms. The van der Waals surface area contributed by atoms with Crippen molar-refractivity contribution < 1.29 is 18.1 Å². The third-order valence-corrected chi connectivity index (χ3v) is 5.68. The van der Waals surface area contributed by atoms with E-state index in [0.717, 1.165) is 0 Å². The van der Waals surface area contributed by atoms with Gasteiger partial charge in [0.25, 0.3) is 11.6 Å². The molecule has 0 saturated carbocycles. The summed E-state index contributed by atoms with van der Waals surface area (Å²) >= 11 is 0. The lowest BCUT2D eigenvalue weighted by Gasteiger charge is -2.12. The number of nitro groups is 1. The maximum Gasteiger partial charge on any atom is 0.271 e. The van der Waals surface area contributed by atoms with E-state index in [1.807, 2.05) is 6.92 Å². The Morgan fingerprint density at radius 3 is 2.37 bits per heavy atom. The highest BCUT2D eigenvalue weighted by molar-refractivity contribution is 7.89. The fourth-order valence-corrected chi connectivity index (χ4v) is 3.58. The minimum atomic E-state index is -3.65. The van der Waals surface area contributed by atoms with Gasteiger partial charge in [0, 0.05) is 23.7 Å². The summed E-state index contributed by atoms with van der Waals surface area (Å²) in [5, 5.41) is 13.5. The number of hydrogen-bond acceptors (Lipinski definition) is 5. The molecule has 0 aliphatic heterocycles. The van der Waals surface area contributed by atoms with Crippen molar-refractivity contribution >= 4 is 27.3 Å². The molecule has 0 heterocycles.